The molecule has 0 saturated heterocycles. The Bertz CT molecular complexity index is 1320. The lowest BCUT2D eigenvalue weighted by Crippen LogP contribution is -2.50. The maximum absolute atomic E-state index is 13.2. The topological polar surface area (TPSA) is 80.0 Å². The second-order valence-electron chi connectivity index (χ2n) is 12.3. The van der Waals surface area contributed by atoms with Gasteiger partial charge in [-0.15, -0.1) is 0 Å². The van der Waals surface area contributed by atoms with Crippen molar-refractivity contribution in [3.05, 3.63) is 70.3 Å². The molecule has 2 aromatic rings. The van der Waals surface area contributed by atoms with E-state index in [1.807, 2.05) is 19.9 Å². The lowest BCUT2D eigenvalue weighted by Gasteiger charge is -2.39. The molecular formula is C31H38N4O2. The average Bonchev–Trinajstić information content (AvgIpc) is 3.18. The molecule has 2 unspecified atom stereocenters. The number of ether oxygens (including phenoxy) is 1. The summed E-state index contributed by atoms with van der Waals surface area (Å²) in [6.07, 6.45) is 6.57. The van der Waals surface area contributed by atoms with Gasteiger partial charge >= 0.3 is 0 Å². The predicted molar refractivity (Wildman–Crippen MR) is 147 cm³/mol. The molecule has 0 spiro atoms. The Morgan fingerprint density at radius 1 is 1.08 bits per heavy atom. The number of aliphatic imine (C=N–C) groups is 1. The fourth-order valence-corrected chi connectivity index (χ4v) is 6.42. The average molecular weight is 499 g/mol. The minimum absolute atomic E-state index is 0.0577. The number of carbonyl (C=O) groups is 1. The lowest BCUT2D eigenvalue weighted by atomic mass is 9.85. The van der Waals surface area contributed by atoms with Crippen LogP contribution < -0.4 is 15.8 Å². The summed E-state index contributed by atoms with van der Waals surface area (Å²) in [5, 5.41) is 3.97. The molecule has 1 amide bonds. The molecule has 1 fully saturated rings. The number of carbonyl (C=O) groups excluding carboxylic acids is 1. The number of benzene rings is 2. The van der Waals surface area contributed by atoms with Gasteiger partial charge < -0.3 is 15.8 Å². The van der Waals surface area contributed by atoms with Crippen LogP contribution in [-0.2, 0) is 11.2 Å². The number of fused-ring (bicyclic) bond motifs is 2. The molecule has 37 heavy (non-hydrogen) atoms. The molecule has 1 saturated carbocycles. The fraction of sp³-hybridized carbons (Fsp3) is 0.484. The minimum atomic E-state index is -0.444. The Balaban J connectivity index is 1.36. The van der Waals surface area contributed by atoms with Gasteiger partial charge in [-0.25, -0.2) is 4.99 Å². The highest BCUT2D eigenvalue weighted by Crippen LogP contribution is 2.44. The second-order valence-corrected chi connectivity index (χ2v) is 12.3. The molecule has 0 radical (unpaired) electrons. The van der Waals surface area contributed by atoms with Crippen molar-refractivity contribution >= 4 is 17.6 Å². The summed E-state index contributed by atoms with van der Waals surface area (Å²) >= 11 is 0. The highest BCUT2D eigenvalue weighted by atomic mass is 16.5. The summed E-state index contributed by atoms with van der Waals surface area (Å²) < 4.78 is 6.30. The number of hydrogen-bond donors (Lipinski definition) is 2. The van der Waals surface area contributed by atoms with Crippen LogP contribution in [0.3, 0.4) is 0 Å². The van der Waals surface area contributed by atoms with Crippen molar-refractivity contribution in [1.29, 1.82) is 0 Å². The van der Waals surface area contributed by atoms with E-state index in [1.165, 1.54) is 39.9 Å². The Kier molecular flexibility index (Phi) is 5.62. The first kappa shape index (κ1) is 24.1. The van der Waals surface area contributed by atoms with Crippen molar-refractivity contribution < 1.29 is 9.53 Å². The van der Waals surface area contributed by atoms with Gasteiger partial charge in [-0.05, 0) is 94.2 Å². The van der Waals surface area contributed by atoms with Crippen LogP contribution in [-0.4, -0.2) is 27.9 Å². The molecule has 2 aromatic carbocycles. The number of allylic oxidation sites excluding steroid dienone is 1. The third-order valence-electron chi connectivity index (χ3n) is 8.31. The van der Waals surface area contributed by atoms with Gasteiger partial charge in [-0.2, -0.15) is 0 Å². The van der Waals surface area contributed by atoms with E-state index in [-0.39, 0.29) is 23.6 Å². The monoisotopic (exact) mass is 498 g/mol. The maximum atomic E-state index is 13.2. The summed E-state index contributed by atoms with van der Waals surface area (Å²) in [6, 6.07) is 15.3. The van der Waals surface area contributed by atoms with Crippen molar-refractivity contribution in [2.75, 3.05) is 0 Å². The van der Waals surface area contributed by atoms with Crippen molar-refractivity contribution in [1.82, 2.24) is 10.2 Å². The molecule has 2 heterocycles. The highest BCUT2D eigenvalue weighted by Gasteiger charge is 2.40. The summed E-state index contributed by atoms with van der Waals surface area (Å²) in [4.78, 5) is 19.6. The Morgan fingerprint density at radius 3 is 2.59 bits per heavy atom. The van der Waals surface area contributed by atoms with E-state index in [4.69, 9.17) is 10.5 Å². The first-order valence-corrected chi connectivity index (χ1v) is 13.7. The van der Waals surface area contributed by atoms with Crippen LogP contribution in [0.2, 0.25) is 0 Å². The van der Waals surface area contributed by atoms with Gasteiger partial charge in [0.1, 0.15) is 11.4 Å². The van der Waals surface area contributed by atoms with Crippen LogP contribution >= 0.6 is 0 Å². The number of nitrogens with one attached hydrogen (secondary N) is 1. The van der Waals surface area contributed by atoms with Gasteiger partial charge in [0.05, 0.1) is 24.0 Å². The number of nitrogens with zero attached hydrogens (tertiary/aromatic N) is 2. The van der Waals surface area contributed by atoms with Crippen LogP contribution in [0.5, 0.6) is 5.75 Å². The summed E-state index contributed by atoms with van der Waals surface area (Å²) in [6.45, 7) is 8.26. The van der Waals surface area contributed by atoms with Crippen molar-refractivity contribution in [2.24, 2.45) is 10.7 Å². The van der Waals surface area contributed by atoms with E-state index in [0.717, 1.165) is 37.9 Å². The van der Waals surface area contributed by atoms with Gasteiger partial charge in [0.15, 0.2) is 5.96 Å². The number of nitrogens with two attached hydrogens (primary N) is 1. The molecule has 194 valence electrons. The number of para-hydroxylation sites is 1. The smallest absolute Gasteiger partial charge is 0.232 e. The van der Waals surface area contributed by atoms with Crippen LogP contribution in [0.25, 0.3) is 5.70 Å². The van der Waals surface area contributed by atoms with E-state index in [9.17, 15) is 4.79 Å². The lowest BCUT2D eigenvalue weighted by molar-refractivity contribution is -0.131. The van der Waals surface area contributed by atoms with Crippen LogP contribution in [0.4, 0.5) is 0 Å². The highest BCUT2D eigenvalue weighted by molar-refractivity contribution is 5.99. The zero-order chi connectivity index (χ0) is 25.9. The van der Waals surface area contributed by atoms with E-state index in [2.05, 4.69) is 60.6 Å². The van der Waals surface area contributed by atoms with Crippen molar-refractivity contribution in [3.8, 4) is 5.75 Å². The number of hydrogen-bond acceptors (Lipinski definition) is 5. The molecular weight excluding hydrogens is 460 g/mol. The SMILES string of the molecule is CC1(C)CC(=O)N(C2CCc3ccc(C(NC4CC(C)(C)Oc5ccccc54)=C4CCC4)cc32)C(N)=N1. The number of aryl methyl sites for hydroxylation is 1. The minimum Gasteiger partial charge on any atom is -0.487 e. The van der Waals surface area contributed by atoms with E-state index in [1.54, 1.807) is 4.90 Å². The van der Waals surface area contributed by atoms with Crippen LogP contribution in [0.1, 0.15) is 101 Å². The molecule has 0 aromatic heterocycles. The molecule has 2 atom stereocenters. The van der Waals surface area contributed by atoms with E-state index in [0.29, 0.717) is 12.4 Å². The van der Waals surface area contributed by atoms with Crippen LogP contribution in [0.15, 0.2) is 53.0 Å². The number of guanidine groups is 1. The summed E-state index contributed by atoms with van der Waals surface area (Å²) in [5.41, 5.74) is 13.3. The Morgan fingerprint density at radius 2 is 1.86 bits per heavy atom. The largest absolute Gasteiger partial charge is 0.487 e. The van der Waals surface area contributed by atoms with E-state index < -0.39 is 5.54 Å². The molecule has 0 bridgehead atoms. The molecule has 2 aliphatic heterocycles. The van der Waals surface area contributed by atoms with Gasteiger partial charge in [-0.3, -0.25) is 9.69 Å². The number of amides is 1. The van der Waals surface area contributed by atoms with Crippen molar-refractivity contribution in [3.63, 3.8) is 0 Å². The normalized spacial score (nSPS) is 25.4. The third-order valence-corrected chi connectivity index (χ3v) is 8.31. The molecule has 6 rings (SSSR count). The molecule has 6 nitrogen and oxygen atoms in total. The Hall–Kier alpha value is -3.28. The predicted octanol–water partition coefficient (Wildman–Crippen LogP) is 5.79. The Labute approximate surface area is 220 Å². The second kappa shape index (κ2) is 8.64. The van der Waals surface area contributed by atoms with Gasteiger partial charge in [0, 0.05) is 17.7 Å². The molecule has 6 heteroatoms. The number of rotatable bonds is 4. The molecule has 3 N–H and O–H groups in total. The van der Waals surface area contributed by atoms with Gasteiger partial charge in [-0.1, -0.05) is 30.3 Å². The zero-order valence-electron chi connectivity index (χ0n) is 22.4. The first-order valence-electron chi connectivity index (χ1n) is 13.7. The summed E-state index contributed by atoms with van der Waals surface area (Å²) in [7, 11) is 0. The standard InChI is InChI=1S/C31H38N4O2/c1-30(2)18-27(36)35(29(32)34-30)25-15-14-19-12-13-21(16-23(19)25)28(20-8-7-9-20)33-24-17-31(3,4)37-26-11-6-5-10-22(24)26/h5-6,10-13,16,24-25,33H,7-9,14-15,17-18H2,1-4H3,(H2,32,34). The quantitative estimate of drug-likeness (QED) is 0.559. The summed E-state index contributed by atoms with van der Waals surface area (Å²) in [5.74, 6) is 1.38. The van der Waals surface area contributed by atoms with Crippen molar-refractivity contribution in [2.45, 2.75) is 95.9 Å². The first-order chi connectivity index (χ1) is 17.6. The van der Waals surface area contributed by atoms with Gasteiger partial charge in [0.2, 0.25) is 5.91 Å². The molecule has 2 aliphatic carbocycles. The molecule has 4 aliphatic rings. The maximum Gasteiger partial charge on any atom is 0.232 e. The third kappa shape index (κ3) is 4.41. The van der Waals surface area contributed by atoms with Crippen LogP contribution in [0, 0.1) is 0 Å². The van der Waals surface area contributed by atoms with Gasteiger partial charge in [0.25, 0.3) is 0 Å². The fourth-order valence-electron chi connectivity index (χ4n) is 6.42. The van der Waals surface area contributed by atoms with E-state index >= 15 is 0 Å². The zero-order valence-corrected chi connectivity index (χ0v) is 22.4.